The second-order valence-electron chi connectivity index (χ2n) is 4.54. The summed E-state index contributed by atoms with van der Waals surface area (Å²) in [5, 5.41) is 11.1. The molecule has 0 saturated heterocycles. The molecule has 112 valence electrons. The molecule has 0 atom stereocenters. The molecule has 0 aliphatic rings. The third kappa shape index (κ3) is 3.91. The zero-order chi connectivity index (χ0) is 15.1. The van der Waals surface area contributed by atoms with Gasteiger partial charge >= 0.3 is 0 Å². The number of thiophene rings is 1. The number of aliphatic hydroxyl groups is 1. The first-order valence-electron chi connectivity index (χ1n) is 6.80. The van der Waals surface area contributed by atoms with Crippen LogP contribution in [0.15, 0.2) is 41.8 Å². The van der Waals surface area contributed by atoms with Crippen LogP contribution >= 0.6 is 11.3 Å². The predicted molar refractivity (Wildman–Crippen MR) is 84.6 cm³/mol. The Morgan fingerprint density at radius 2 is 2.00 bits per heavy atom. The van der Waals surface area contributed by atoms with Crippen LogP contribution in [0.25, 0.3) is 11.1 Å². The van der Waals surface area contributed by atoms with Gasteiger partial charge < -0.3 is 14.7 Å². The molecule has 0 bridgehead atoms. The first-order chi connectivity index (χ1) is 10.3. The lowest BCUT2D eigenvalue weighted by Gasteiger charge is -2.21. The molecular weight excluding hydrogens is 286 g/mol. The molecule has 0 radical (unpaired) electrons. The van der Waals surface area contributed by atoms with Crippen molar-refractivity contribution < 1.29 is 14.6 Å². The Morgan fingerprint density at radius 3 is 2.67 bits per heavy atom. The number of rotatable bonds is 7. The number of benzene rings is 1. The smallest absolute Gasteiger partial charge is 0.264 e. The molecule has 0 saturated carbocycles. The van der Waals surface area contributed by atoms with Crippen molar-refractivity contribution in [1.29, 1.82) is 0 Å². The van der Waals surface area contributed by atoms with Crippen molar-refractivity contribution in [2.75, 3.05) is 33.4 Å². The fourth-order valence-corrected chi connectivity index (χ4v) is 2.98. The van der Waals surface area contributed by atoms with Gasteiger partial charge in [0.05, 0.1) is 18.1 Å². The molecule has 0 aliphatic carbocycles. The summed E-state index contributed by atoms with van der Waals surface area (Å²) >= 11 is 1.43. The number of methoxy groups -OCH3 is 1. The number of hydrogen-bond acceptors (Lipinski definition) is 4. The number of ether oxygens (including phenoxy) is 1. The van der Waals surface area contributed by atoms with E-state index in [4.69, 9.17) is 9.84 Å². The van der Waals surface area contributed by atoms with E-state index in [0.717, 1.165) is 11.1 Å². The van der Waals surface area contributed by atoms with E-state index in [2.05, 4.69) is 0 Å². The normalized spacial score (nSPS) is 10.6. The van der Waals surface area contributed by atoms with Crippen LogP contribution < -0.4 is 0 Å². The molecule has 0 spiro atoms. The van der Waals surface area contributed by atoms with Gasteiger partial charge in [-0.3, -0.25) is 4.79 Å². The maximum absolute atomic E-state index is 12.7. The van der Waals surface area contributed by atoms with Crippen molar-refractivity contribution in [2.45, 2.75) is 0 Å². The Labute approximate surface area is 128 Å². The molecule has 21 heavy (non-hydrogen) atoms. The maximum atomic E-state index is 12.7. The lowest BCUT2D eigenvalue weighted by atomic mass is 10.1. The zero-order valence-electron chi connectivity index (χ0n) is 12.0. The predicted octanol–water partition coefficient (Wildman–Crippen LogP) is 2.50. The van der Waals surface area contributed by atoms with Crippen LogP contribution in [0.1, 0.15) is 9.67 Å². The van der Waals surface area contributed by atoms with Crippen molar-refractivity contribution in [3.63, 3.8) is 0 Å². The zero-order valence-corrected chi connectivity index (χ0v) is 12.8. The number of carbonyl (C=O) groups is 1. The van der Waals surface area contributed by atoms with Gasteiger partial charge in [0.25, 0.3) is 5.91 Å². The topological polar surface area (TPSA) is 49.8 Å². The third-order valence-electron chi connectivity index (χ3n) is 3.17. The highest BCUT2D eigenvalue weighted by Crippen LogP contribution is 2.29. The molecule has 5 heteroatoms. The molecule has 0 aliphatic heterocycles. The molecule has 1 aromatic heterocycles. The van der Waals surface area contributed by atoms with Gasteiger partial charge in [0.15, 0.2) is 0 Å². The van der Waals surface area contributed by atoms with Gasteiger partial charge in [0.2, 0.25) is 0 Å². The Kier molecular flexibility index (Phi) is 5.92. The average Bonchev–Trinajstić information content (AvgIpc) is 3.01. The van der Waals surface area contributed by atoms with E-state index < -0.39 is 0 Å². The average molecular weight is 305 g/mol. The molecule has 2 rings (SSSR count). The first kappa shape index (κ1) is 15.7. The molecule has 1 amide bonds. The SMILES string of the molecule is COCCN(CCO)C(=O)c1sccc1-c1ccccc1. The second-order valence-corrected chi connectivity index (χ2v) is 5.45. The second kappa shape index (κ2) is 7.93. The fraction of sp³-hybridized carbons (Fsp3) is 0.312. The molecular formula is C16H19NO3S. The standard InChI is InChI=1S/C16H19NO3S/c1-20-11-9-17(8-10-18)16(19)15-14(7-12-21-15)13-5-3-2-4-6-13/h2-7,12,18H,8-11H2,1H3. The summed E-state index contributed by atoms with van der Waals surface area (Å²) in [6, 6.07) is 11.8. The number of carbonyl (C=O) groups excluding carboxylic acids is 1. The molecule has 1 N–H and O–H groups in total. The highest BCUT2D eigenvalue weighted by molar-refractivity contribution is 7.12. The van der Waals surface area contributed by atoms with Crippen molar-refractivity contribution in [1.82, 2.24) is 4.90 Å². The Balaban J connectivity index is 2.24. The van der Waals surface area contributed by atoms with E-state index >= 15 is 0 Å². The van der Waals surface area contributed by atoms with Crippen molar-refractivity contribution in [3.8, 4) is 11.1 Å². The van der Waals surface area contributed by atoms with E-state index in [0.29, 0.717) is 24.6 Å². The summed E-state index contributed by atoms with van der Waals surface area (Å²) in [7, 11) is 1.60. The lowest BCUT2D eigenvalue weighted by molar-refractivity contribution is 0.0662. The summed E-state index contributed by atoms with van der Waals surface area (Å²) in [6.45, 7) is 1.19. The number of aliphatic hydroxyl groups excluding tert-OH is 1. The van der Waals surface area contributed by atoms with E-state index in [9.17, 15) is 4.79 Å². The van der Waals surface area contributed by atoms with Crippen LogP contribution in [0.5, 0.6) is 0 Å². The Bertz CT molecular complexity index is 568. The first-order valence-corrected chi connectivity index (χ1v) is 7.68. The van der Waals surface area contributed by atoms with Gasteiger partial charge in [-0.1, -0.05) is 30.3 Å². The van der Waals surface area contributed by atoms with Crippen LogP contribution in [0.4, 0.5) is 0 Å². The highest BCUT2D eigenvalue weighted by Gasteiger charge is 2.20. The van der Waals surface area contributed by atoms with Gasteiger partial charge in [0, 0.05) is 25.8 Å². The Hall–Kier alpha value is -1.69. The maximum Gasteiger partial charge on any atom is 0.264 e. The van der Waals surface area contributed by atoms with Crippen molar-refractivity contribution in [2.24, 2.45) is 0 Å². The van der Waals surface area contributed by atoms with Crippen molar-refractivity contribution in [3.05, 3.63) is 46.7 Å². The third-order valence-corrected chi connectivity index (χ3v) is 4.07. The summed E-state index contributed by atoms with van der Waals surface area (Å²) in [6.07, 6.45) is 0. The van der Waals surface area contributed by atoms with Gasteiger partial charge in [-0.25, -0.2) is 0 Å². The van der Waals surface area contributed by atoms with Crippen LogP contribution in [0, 0.1) is 0 Å². The molecule has 1 heterocycles. The summed E-state index contributed by atoms with van der Waals surface area (Å²) in [5.41, 5.74) is 1.96. The monoisotopic (exact) mass is 305 g/mol. The highest BCUT2D eigenvalue weighted by atomic mass is 32.1. The summed E-state index contributed by atoms with van der Waals surface area (Å²) < 4.78 is 5.03. The molecule has 0 fully saturated rings. The number of amides is 1. The van der Waals surface area contributed by atoms with Crippen LogP contribution in [-0.2, 0) is 4.74 Å². The lowest BCUT2D eigenvalue weighted by Crippen LogP contribution is -2.36. The molecule has 2 aromatic rings. The van der Waals surface area contributed by atoms with Gasteiger partial charge in [-0.05, 0) is 17.0 Å². The van der Waals surface area contributed by atoms with Gasteiger partial charge in [0.1, 0.15) is 0 Å². The van der Waals surface area contributed by atoms with Gasteiger partial charge in [-0.15, -0.1) is 11.3 Å². The molecule has 0 unspecified atom stereocenters. The van der Waals surface area contributed by atoms with E-state index in [1.807, 2.05) is 41.8 Å². The van der Waals surface area contributed by atoms with Crippen LogP contribution in [0.2, 0.25) is 0 Å². The summed E-state index contributed by atoms with van der Waals surface area (Å²) in [4.78, 5) is 15.0. The Morgan fingerprint density at radius 1 is 1.24 bits per heavy atom. The van der Waals surface area contributed by atoms with Crippen LogP contribution in [0.3, 0.4) is 0 Å². The van der Waals surface area contributed by atoms with Gasteiger partial charge in [-0.2, -0.15) is 0 Å². The fourth-order valence-electron chi connectivity index (χ4n) is 2.10. The summed E-state index contributed by atoms with van der Waals surface area (Å²) in [5.74, 6) is -0.0602. The van der Waals surface area contributed by atoms with E-state index in [-0.39, 0.29) is 12.5 Å². The minimum atomic E-state index is -0.0602. The molecule has 4 nitrogen and oxygen atoms in total. The quantitative estimate of drug-likeness (QED) is 0.855. The minimum absolute atomic E-state index is 0.0541. The minimum Gasteiger partial charge on any atom is -0.395 e. The van der Waals surface area contributed by atoms with Crippen molar-refractivity contribution >= 4 is 17.2 Å². The van der Waals surface area contributed by atoms with E-state index in [1.165, 1.54) is 11.3 Å². The number of hydrogen-bond donors (Lipinski definition) is 1. The molecule has 1 aromatic carbocycles. The number of nitrogens with zero attached hydrogens (tertiary/aromatic N) is 1. The van der Waals surface area contributed by atoms with Crippen LogP contribution in [-0.4, -0.2) is 49.3 Å². The largest absolute Gasteiger partial charge is 0.395 e. The van der Waals surface area contributed by atoms with E-state index in [1.54, 1.807) is 12.0 Å².